The van der Waals surface area contributed by atoms with Crippen LogP contribution in [0.3, 0.4) is 0 Å². The lowest BCUT2D eigenvalue weighted by molar-refractivity contribution is -0.135. The Morgan fingerprint density at radius 3 is 2.59 bits per heavy atom. The minimum atomic E-state index is -5.80. The van der Waals surface area contributed by atoms with Crippen LogP contribution in [-0.4, -0.2) is 60.5 Å². The first-order valence-electron chi connectivity index (χ1n) is 11.4. The Morgan fingerprint density at radius 2 is 1.95 bits per heavy atom. The van der Waals surface area contributed by atoms with Gasteiger partial charge in [0.15, 0.2) is 0 Å². The maximum atomic E-state index is 13.3. The number of ether oxygens (including phenoxy) is 1. The molecule has 0 saturated carbocycles. The van der Waals surface area contributed by atoms with Crippen LogP contribution in [0.1, 0.15) is 38.6 Å². The van der Waals surface area contributed by atoms with Crippen molar-refractivity contribution < 1.29 is 40.1 Å². The molecule has 2 atom stereocenters. The van der Waals surface area contributed by atoms with E-state index in [0.717, 1.165) is 12.5 Å². The molecule has 2 amide bonds. The van der Waals surface area contributed by atoms with Crippen molar-refractivity contribution in [1.29, 1.82) is 0 Å². The highest BCUT2D eigenvalue weighted by molar-refractivity contribution is 7.88. The van der Waals surface area contributed by atoms with Gasteiger partial charge >= 0.3 is 21.7 Å². The second-order valence-corrected chi connectivity index (χ2v) is 10.5. The number of aromatic amines is 1. The third kappa shape index (κ3) is 5.15. The Kier molecular flexibility index (Phi) is 6.97. The molecule has 2 aromatic carbocycles. The number of fused-ring (bicyclic) bond motifs is 3. The number of halogens is 3. The normalized spacial score (nSPS) is 17.4. The van der Waals surface area contributed by atoms with E-state index < -0.39 is 33.5 Å². The van der Waals surface area contributed by atoms with Crippen LogP contribution < -0.4 is 9.50 Å². The fourth-order valence-corrected chi connectivity index (χ4v) is 4.83. The molecule has 1 saturated heterocycles. The summed E-state index contributed by atoms with van der Waals surface area (Å²) in [5.41, 5.74) is -4.41. The fraction of sp³-hybridized carbons (Fsp3) is 0.435. The largest absolute Gasteiger partial charge is 0.534 e. The molecule has 1 aromatic heterocycles. The molecule has 0 radical (unpaired) electrons. The van der Waals surface area contributed by atoms with Gasteiger partial charge in [-0.1, -0.05) is 19.9 Å². The second kappa shape index (κ2) is 9.72. The molecule has 14 heteroatoms. The van der Waals surface area contributed by atoms with E-state index >= 15 is 0 Å². The summed E-state index contributed by atoms with van der Waals surface area (Å²) in [4.78, 5) is 34.7. The average Bonchev–Trinajstić information content (AvgIpc) is 3.47. The first kappa shape index (κ1) is 26.5. The number of benzene rings is 2. The standard InChI is InChI=1S/C23H25F3N4O6S/c1-12(2)18(29-22(32)35-3)21(31)30-10-4-5-17(30)20-27-16-9-6-13-11-14(7-8-15(13)19(16)28-20)36-37(33,34)23(24,25)26/h6-9,11-12,17-18H,4-5,10H2,1-3H3,(H,27,28)(H,29,32). The average molecular weight is 543 g/mol. The Bertz CT molecular complexity index is 1450. The highest BCUT2D eigenvalue weighted by Crippen LogP contribution is 2.35. The molecule has 1 fully saturated rings. The summed E-state index contributed by atoms with van der Waals surface area (Å²) in [5.74, 6) is -0.412. The molecule has 1 aliphatic heterocycles. The van der Waals surface area contributed by atoms with Gasteiger partial charge in [0.2, 0.25) is 5.91 Å². The quantitative estimate of drug-likeness (QED) is 0.356. The highest BCUT2D eigenvalue weighted by atomic mass is 32.2. The number of alkyl halides is 3. The Balaban J connectivity index is 1.65. The lowest BCUT2D eigenvalue weighted by Gasteiger charge is -2.29. The van der Waals surface area contributed by atoms with E-state index in [-0.39, 0.29) is 17.9 Å². The Hall–Kier alpha value is -3.55. The van der Waals surface area contributed by atoms with Crippen molar-refractivity contribution in [2.45, 2.75) is 44.3 Å². The molecule has 2 N–H and O–H groups in total. The number of nitrogens with zero attached hydrogens (tertiary/aromatic N) is 2. The summed E-state index contributed by atoms with van der Waals surface area (Å²) in [6.45, 7) is 4.10. The van der Waals surface area contributed by atoms with Crippen molar-refractivity contribution in [3.63, 3.8) is 0 Å². The molecule has 37 heavy (non-hydrogen) atoms. The first-order chi connectivity index (χ1) is 17.3. The number of aromatic nitrogens is 2. The number of imidazole rings is 1. The van der Waals surface area contributed by atoms with E-state index in [2.05, 4.69) is 24.2 Å². The van der Waals surface area contributed by atoms with Crippen LogP contribution in [0.15, 0.2) is 30.3 Å². The van der Waals surface area contributed by atoms with E-state index in [1.165, 1.54) is 19.2 Å². The SMILES string of the molecule is COC(=O)NC(C(=O)N1CCCC1c1nc2c(ccc3cc(OS(=O)(=O)C(F)(F)F)ccc32)[nH]1)C(C)C. The number of methoxy groups -OCH3 is 1. The minimum absolute atomic E-state index is 0.190. The molecule has 4 rings (SSSR count). The number of likely N-dealkylation sites (tertiary alicyclic amines) is 1. The zero-order valence-corrected chi connectivity index (χ0v) is 20.9. The molecule has 200 valence electrons. The van der Waals surface area contributed by atoms with E-state index in [0.29, 0.717) is 40.6 Å². The lowest BCUT2D eigenvalue weighted by Crippen LogP contribution is -2.51. The van der Waals surface area contributed by atoms with Gasteiger partial charge in [-0.25, -0.2) is 9.78 Å². The summed E-state index contributed by atoms with van der Waals surface area (Å²) in [6.07, 6.45) is 0.662. The number of alkyl carbamates (subject to hydrolysis) is 1. The monoisotopic (exact) mass is 542 g/mol. The summed E-state index contributed by atoms with van der Waals surface area (Å²) in [7, 11) is -4.58. The predicted molar refractivity (Wildman–Crippen MR) is 127 cm³/mol. The summed E-state index contributed by atoms with van der Waals surface area (Å²) < 4.78 is 69.6. The maximum absolute atomic E-state index is 13.3. The summed E-state index contributed by atoms with van der Waals surface area (Å²) in [5, 5.41) is 3.56. The lowest BCUT2D eigenvalue weighted by atomic mass is 10.0. The van der Waals surface area contributed by atoms with Gasteiger partial charge in [-0.3, -0.25) is 4.79 Å². The molecule has 0 spiro atoms. The van der Waals surface area contributed by atoms with Crippen LogP contribution in [0, 0.1) is 5.92 Å². The van der Waals surface area contributed by atoms with Gasteiger partial charge in [0, 0.05) is 11.9 Å². The smallest absolute Gasteiger partial charge is 0.453 e. The number of hydrogen-bond donors (Lipinski definition) is 2. The van der Waals surface area contributed by atoms with Crippen LogP contribution in [-0.2, 0) is 19.6 Å². The van der Waals surface area contributed by atoms with Crippen molar-refractivity contribution in [1.82, 2.24) is 20.2 Å². The number of rotatable bonds is 6. The van der Waals surface area contributed by atoms with E-state index in [4.69, 9.17) is 0 Å². The van der Waals surface area contributed by atoms with E-state index in [1.807, 2.05) is 13.8 Å². The Labute approximate surface area is 210 Å². The van der Waals surface area contributed by atoms with Gasteiger partial charge in [-0.05, 0) is 48.4 Å². The molecule has 10 nitrogen and oxygen atoms in total. The topological polar surface area (TPSA) is 131 Å². The number of nitrogens with one attached hydrogen (secondary N) is 2. The van der Waals surface area contributed by atoms with Crippen LogP contribution in [0.2, 0.25) is 0 Å². The van der Waals surface area contributed by atoms with Gasteiger partial charge < -0.3 is 24.1 Å². The molecule has 3 aromatic rings. The van der Waals surface area contributed by atoms with Gasteiger partial charge in [-0.2, -0.15) is 21.6 Å². The van der Waals surface area contributed by atoms with Crippen LogP contribution in [0.25, 0.3) is 21.8 Å². The predicted octanol–water partition coefficient (Wildman–Crippen LogP) is 3.99. The van der Waals surface area contributed by atoms with Crippen LogP contribution in [0.5, 0.6) is 5.75 Å². The van der Waals surface area contributed by atoms with E-state index in [9.17, 15) is 31.2 Å². The fourth-order valence-electron chi connectivity index (χ4n) is 4.38. The molecular weight excluding hydrogens is 517 g/mol. The second-order valence-electron chi connectivity index (χ2n) is 9.00. The molecule has 2 heterocycles. The summed E-state index contributed by atoms with van der Waals surface area (Å²) >= 11 is 0. The van der Waals surface area contributed by atoms with E-state index in [1.54, 1.807) is 17.0 Å². The van der Waals surface area contributed by atoms with Crippen molar-refractivity contribution in [3.8, 4) is 5.75 Å². The van der Waals surface area contributed by atoms with Crippen molar-refractivity contribution in [2.24, 2.45) is 5.92 Å². The zero-order chi connectivity index (χ0) is 27.1. The van der Waals surface area contributed by atoms with Crippen molar-refractivity contribution in [2.75, 3.05) is 13.7 Å². The third-order valence-corrected chi connectivity index (χ3v) is 7.17. The van der Waals surface area contributed by atoms with Crippen LogP contribution >= 0.6 is 0 Å². The number of hydrogen-bond acceptors (Lipinski definition) is 7. The number of H-pyrrole nitrogens is 1. The number of amides is 2. The molecular formula is C23H25F3N4O6S. The number of carbonyl (C=O) groups excluding carboxylic acids is 2. The van der Waals surface area contributed by atoms with Crippen molar-refractivity contribution in [3.05, 3.63) is 36.2 Å². The number of carbonyl (C=O) groups is 2. The van der Waals surface area contributed by atoms with Crippen molar-refractivity contribution >= 4 is 43.9 Å². The maximum Gasteiger partial charge on any atom is 0.534 e. The molecule has 1 aliphatic rings. The first-order valence-corrected chi connectivity index (χ1v) is 12.8. The minimum Gasteiger partial charge on any atom is -0.453 e. The van der Waals surface area contributed by atoms with Gasteiger partial charge in [0.05, 0.1) is 24.2 Å². The zero-order valence-electron chi connectivity index (χ0n) is 20.1. The van der Waals surface area contributed by atoms with Crippen LogP contribution in [0.4, 0.5) is 18.0 Å². The van der Waals surface area contributed by atoms with Gasteiger partial charge in [0.1, 0.15) is 17.6 Å². The van der Waals surface area contributed by atoms with Gasteiger partial charge in [-0.15, -0.1) is 0 Å². The van der Waals surface area contributed by atoms with Gasteiger partial charge in [0.25, 0.3) is 0 Å². The molecule has 0 bridgehead atoms. The third-order valence-electron chi connectivity index (χ3n) is 6.19. The molecule has 0 aliphatic carbocycles. The Morgan fingerprint density at radius 1 is 1.22 bits per heavy atom. The summed E-state index contributed by atoms with van der Waals surface area (Å²) in [6, 6.07) is 5.82. The highest BCUT2D eigenvalue weighted by Gasteiger charge is 2.48. The molecule has 2 unspecified atom stereocenters.